The van der Waals surface area contributed by atoms with Crippen LogP contribution in [0.5, 0.6) is 0 Å². The lowest BCUT2D eigenvalue weighted by Crippen LogP contribution is -2.37. The fourth-order valence-electron chi connectivity index (χ4n) is 2.26. The number of hydrogen-bond donors (Lipinski definition) is 0. The molecule has 0 aliphatic carbocycles. The van der Waals surface area contributed by atoms with Crippen molar-refractivity contribution in [3.05, 3.63) is 35.2 Å². The molecule has 0 amide bonds. The molecule has 0 saturated heterocycles. The molecule has 0 fully saturated rings. The molecule has 0 spiro atoms. The summed E-state index contributed by atoms with van der Waals surface area (Å²) in [5.74, 6) is 6.65. The summed E-state index contributed by atoms with van der Waals surface area (Å²) in [7, 11) is 0. The maximum Gasteiger partial charge on any atom is 0.0609 e. The minimum atomic E-state index is 0.536. The Morgan fingerprint density at radius 3 is 2.47 bits per heavy atom. The van der Waals surface area contributed by atoms with E-state index in [1.165, 1.54) is 10.1 Å². The molecule has 0 radical (unpaired) electrons. The first-order chi connectivity index (χ1) is 9.09. The Morgan fingerprint density at radius 2 is 1.79 bits per heavy atom. The van der Waals surface area contributed by atoms with Gasteiger partial charge in [0.05, 0.1) is 6.54 Å². The molecule has 1 nitrogen and oxygen atoms in total. The van der Waals surface area contributed by atoms with E-state index >= 15 is 0 Å². The monoisotopic (exact) mass is 271 g/mol. The summed E-state index contributed by atoms with van der Waals surface area (Å²) < 4.78 is 1.32. The summed E-state index contributed by atoms with van der Waals surface area (Å²) in [5.41, 5.74) is 1.16. The van der Waals surface area contributed by atoms with Gasteiger partial charge in [0.2, 0.25) is 0 Å². The number of hydrogen-bond acceptors (Lipinski definition) is 2. The van der Waals surface area contributed by atoms with E-state index in [1.54, 1.807) is 11.3 Å². The van der Waals surface area contributed by atoms with Crippen LogP contribution in [0.2, 0.25) is 0 Å². The highest BCUT2D eigenvalue weighted by Gasteiger charge is 2.11. The van der Waals surface area contributed by atoms with Crippen LogP contribution < -0.4 is 0 Å². The van der Waals surface area contributed by atoms with E-state index in [2.05, 4.69) is 74.1 Å². The Hall–Kier alpha value is -1.30. The van der Waals surface area contributed by atoms with Crippen molar-refractivity contribution in [1.29, 1.82) is 0 Å². The molecule has 0 atom stereocenters. The Bertz CT molecular complexity index is 590. The van der Waals surface area contributed by atoms with Gasteiger partial charge in [-0.05, 0) is 33.8 Å². The van der Waals surface area contributed by atoms with Crippen LogP contribution in [-0.2, 0) is 0 Å². The summed E-state index contributed by atoms with van der Waals surface area (Å²) in [4.78, 5) is 2.40. The van der Waals surface area contributed by atoms with E-state index < -0.39 is 0 Å². The maximum absolute atomic E-state index is 3.33. The van der Waals surface area contributed by atoms with Gasteiger partial charge in [-0.1, -0.05) is 30.0 Å². The van der Waals surface area contributed by atoms with Gasteiger partial charge in [-0.25, -0.2) is 0 Å². The van der Waals surface area contributed by atoms with Crippen molar-refractivity contribution in [3.8, 4) is 11.8 Å². The topological polar surface area (TPSA) is 3.24 Å². The zero-order valence-electron chi connectivity index (χ0n) is 12.1. The van der Waals surface area contributed by atoms with E-state index in [-0.39, 0.29) is 0 Å². The average molecular weight is 271 g/mol. The quantitative estimate of drug-likeness (QED) is 0.749. The Balaban J connectivity index is 2.16. The van der Waals surface area contributed by atoms with Gasteiger partial charge in [0, 0.05) is 33.1 Å². The predicted molar refractivity (Wildman–Crippen MR) is 85.7 cm³/mol. The molecular formula is C17H21NS. The summed E-state index contributed by atoms with van der Waals surface area (Å²) in [6.07, 6.45) is 0. The molecule has 0 unspecified atom stereocenters. The Kier molecular flexibility index (Phi) is 4.63. The fourth-order valence-corrected chi connectivity index (χ4v) is 3.15. The van der Waals surface area contributed by atoms with Gasteiger partial charge in [-0.3, -0.25) is 4.90 Å². The van der Waals surface area contributed by atoms with Crippen molar-refractivity contribution < 1.29 is 0 Å². The molecule has 0 saturated carbocycles. The minimum Gasteiger partial charge on any atom is -0.287 e. The minimum absolute atomic E-state index is 0.536. The second-order valence-electron chi connectivity index (χ2n) is 5.31. The first-order valence-corrected chi connectivity index (χ1v) is 7.68. The van der Waals surface area contributed by atoms with E-state index in [0.29, 0.717) is 12.1 Å². The van der Waals surface area contributed by atoms with Crippen LogP contribution >= 0.6 is 11.3 Å². The van der Waals surface area contributed by atoms with Crippen LogP contribution in [0.4, 0.5) is 0 Å². The van der Waals surface area contributed by atoms with Crippen molar-refractivity contribution in [2.75, 3.05) is 6.54 Å². The van der Waals surface area contributed by atoms with Gasteiger partial charge < -0.3 is 0 Å². The zero-order valence-corrected chi connectivity index (χ0v) is 12.9. The molecule has 0 N–H and O–H groups in total. The maximum atomic E-state index is 3.33. The third-order valence-corrected chi connectivity index (χ3v) is 4.26. The summed E-state index contributed by atoms with van der Waals surface area (Å²) in [6.45, 7) is 9.73. The lowest BCUT2D eigenvalue weighted by Gasteiger charge is -2.28. The SMILES string of the molecule is CC(C)N(CC#Cc1csc2ccccc12)C(C)C. The van der Waals surface area contributed by atoms with Crippen LogP contribution in [0.15, 0.2) is 29.6 Å². The summed E-state index contributed by atoms with van der Waals surface area (Å²) in [6, 6.07) is 9.53. The number of thiophene rings is 1. The van der Waals surface area contributed by atoms with Gasteiger partial charge in [0.1, 0.15) is 0 Å². The molecule has 2 heteroatoms. The van der Waals surface area contributed by atoms with Gasteiger partial charge in [0.15, 0.2) is 0 Å². The molecular weight excluding hydrogens is 250 g/mol. The smallest absolute Gasteiger partial charge is 0.0609 e. The van der Waals surface area contributed by atoms with Crippen LogP contribution in [0.3, 0.4) is 0 Å². The highest BCUT2D eigenvalue weighted by atomic mass is 32.1. The van der Waals surface area contributed by atoms with E-state index in [0.717, 1.165) is 12.1 Å². The first-order valence-electron chi connectivity index (χ1n) is 6.80. The third-order valence-electron chi connectivity index (χ3n) is 3.29. The first kappa shape index (κ1) is 14.1. The van der Waals surface area contributed by atoms with Gasteiger partial charge in [-0.2, -0.15) is 0 Å². The molecule has 2 rings (SSSR count). The van der Waals surface area contributed by atoms with E-state index in [4.69, 9.17) is 0 Å². The van der Waals surface area contributed by atoms with Crippen molar-refractivity contribution in [2.24, 2.45) is 0 Å². The van der Waals surface area contributed by atoms with Crippen molar-refractivity contribution in [1.82, 2.24) is 4.90 Å². The lowest BCUT2D eigenvalue weighted by atomic mass is 10.2. The zero-order chi connectivity index (χ0) is 13.8. The molecule has 0 aliphatic heterocycles. The molecule has 1 aromatic heterocycles. The van der Waals surface area contributed by atoms with Gasteiger partial charge in [-0.15, -0.1) is 11.3 Å². The van der Waals surface area contributed by atoms with E-state index in [1.807, 2.05) is 0 Å². The summed E-state index contributed by atoms with van der Waals surface area (Å²) in [5, 5.41) is 3.44. The fraction of sp³-hybridized carbons (Fsp3) is 0.412. The van der Waals surface area contributed by atoms with Gasteiger partial charge >= 0.3 is 0 Å². The highest BCUT2D eigenvalue weighted by Crippen LogP contribution is 2.24. The molecule has 2 aromatic rings. The number of rotatable bonds is 3. The van der Waals surface area contributed by atoms with Crippen LogP contribution in [-0.4, -0.2) is 23.5 Å². The lowest BCUT2D eigenvalue weighted by molar-refractivity contribution is 0.200. The Labute approximate surface area is 120 Å². The largest absolute Gasteiger partial charge is 0.287 e. The molecule has 0 bridgehead atoms. The molecule has 100 valence electrons. The van der Waals surface area contributed by atoms with Crippen molar-refractivity contribution in [3.63, 3.8) is 0 Å². The second kappa shape index (κ2) is 6.23. The highest BCUT2D eigenvalue weighted by molar-refractivity contribution is 7.17. The second-order valence-corrected chi connectivity index (χ2v) is 6.22. The third kappa shape index (κ3) is 3.37. The number of fused-ring (bicyclic) bond motifs is 1. The van der Waals surface area contributed by atoms with Crippen LogP contribution in [0.1, 0.15) is 33.3 Å². The van der Waals surface area contributed by atoms with Gasteiger partial charge in [0.25, 0.3) is 0 Å². The van der Waals surface area contributed by atoms with Crippen molar-refractivity contribution in [2.45, 2.75) is 39.8 Å². The average Bonchev–Trinajstić information content (AvgIpc) is 2.77. The molecule has 19 heavy (non-hydrogen) atoms. The number of nitrogens with zero attached hydrogens (tertiary/aromatic N) is 1. The standard InChI is InChI=1S/C17H21NS/c1-13(2)18(14(3)4)11-7-8-15-12-19-17-10-6-5-9-16(15)17/h5-6,9-10,12-14H,11H2,1-4H3. The Morgan fingerprint density at radius 1 is 1.11 bits per heavy atom. The van der Waals surface area contributed by atoms with E-state index in [9.17, 15) is 0 Å². The predicted octanol–water partition coefficient (Wildman–Crippen LogP) is 4.37. The van der Waals surface area contributed by atoms with Crippen molar-refractivity contribution >= 4 is 21.4 Å². The molecule has 1 aromatic carbocycles. The number of benzene rings is 1. The van der Waals surface area contributed by atoms with Crippen LogP contribution in [0, 0.1) is 11.8 Å². The molecule has 1 heterocycles. The normalized spacial score (nSPS) is 11.3. The summed E-state index contributed by atoms with van der Waals surface area (Å²) >= 11 is 1.77. The molecule has 0 aliphatic rings. The van der Waals surface area contributed by atoms with Crippen LogP contribution in [0.25, 0.3) is 10.1 Å².